The Hall–Kier alpha value is -5.58. The maximum atomic E-state index is 2.62. The van der Waals surface area contributed by atoms with Crippen molar-refractivity contribution < 1.29 is 0 Å². The van der Waals surface area contributed by atoms with Crippen molar-refractivity contribution in [2.24, 2.45) is 0 Å². The molecule has 1 aromatic heterocycles. The Morgan fingerprint density at radius 1 is 0.491 bits per heavy atom. The highest BCUT2D eigenvalue weighted by Crippen LogP contribution is 2.50. The Morgan fingerprint density at radius 3 is 1.95 bits per heavy atom. The van der Waals surface area contributed by atoms with Crippen molar-refractivity contribution >= 4 is 77.7 Å². The van der Waals surface area contributed by atoms with E-state index >= 15 is 0 Å². The molecule has 7 aromatic carbocycles. The number of rotatable bonds is 3. The standard InChI is InChI=1S/C51H45BN2S/c1-32-27-41-37-17-11-13-19-44(37)54(36-24-21-34(22-25-36)50(2,3)4)52-42-31-48-40(38-18-12-14-20-47(38)55-48)30-45(42)53(46(28-32)49(41)52)43-26-23-35(51(5,6)7)29-39(43)33-15-9-8-10-16-33/h8-31H,1-7H3. The van der Waals surface area contributed by atoms with Gasteiger partial charge in [-0.15, -0.1) is 11.3 Å². The zero-order valence-electron chi connectivity index (χ0n) is 32.7. The van der Waals surface area contributed by atoms with Crippen molar-refractivity contribution in [3.63, 3.8) is 0 Å². The maximum absolute atomic E-state index is 2.62. The first-order chi connectivity index (χ1) is 26.5. The lowest BCUT2D eigenvalue weighted by molar-refractivity contribution is 0.590. The molecule has 0 atom stereocenters. The average Bonchev–Trinajstić information content (AvgIpc) is 3.54. The molecule has 4 heteroatoms. The Balaban J connectivity index is 1.33. The molecule has 0 bridgehead atoms. The number of anilines is 5. The highest BCUT2D eigenvalue weighted by Gasteiger charge is 2.45. The number of thiophene rings is 1. The van der Waals surface area contributed by atoms with Crippen LogP contribution in [-0.2, 0) is 10.8 Å². The Bertz CT molecular complexity index is 2800. The monoisotopic (exact) mass is 728 g/mol. The summed E-state index contributed by atoms with van der Waals surface area (Å²) in [6.45, 7) is 16.0. The van der Waals surface area contributed by atoms with Crippen LogP contribution in [0.4, 0.5) is 28.4 Å². The van der Waals surface area contributed by atoms with Gasteiger partial charge in [0.25, 0.3) is 0 Å². The Morgan fingerprint density at radius 2 is 1.18 bits per heavy atom. The number of benzene rings is 7. The van der Waals surface area contributed by atoms with Gasteiger partial charge in [0.15, 0.2) is 0 Å². The lowest BCUT2D eigenvalue weighted by Crippen LogP contribution is -2.61. The highest BCUT2D eigenvalue weighted by molar-refractivity contribution is 7.26. The summed E-state index contributed by atoms with van der Waals surface area (Å²) in [5.41, 5.74) is 17.9. The molecule has 0 radical (unpaired) electrons. The van der Waals surface area contributed by atoms with Crippen LogP contribution in [0.5, 0.6) is 0 Å². The normalized spacial score (nSPS) is 13.6. The van der Waals surface area contributed by atoms with Gasteiger partial charge < -0.3 is 9.71 Å². The van der Waals surface area contributed by atoms with E-state index in [2.05, 4.69) is 204 Å². The van der Waals surface area contributed by atoms with E-state index in [-0.39, 0.29) is 17.7 Å². The first-order valence-corrected chi connectivity index (χ1v) is 20.4. The number of hydrogen-bond donors (Lipinski definition) is 0. The minimum atomic E-state index is -0.0316. The summed E-state index contributed by atoms with van der Waals surface area (Å²) in [5.74, 6) is 0. The van der Waals surface area contributed by atoms with Crippen LogP contribution in [0.25, 0.3) is 42.4 Å². The molecule has 3 heterocycles. The van der Waals surface area contributed by atoms with Crippen molar-refractivity contribution in [2.75, 3.05) is 9.71 Å². The van der Waals surface area contributed by atoms with Gasteiger partial charge in [0, 0.05) is 54.0 Å². The van der Waals surface area contributed by atoms with Gasteiger partial charge >= 0.3 is 6.85 Å². The summed E-state index contributed by atoms with van der Waals surface area (Å²) < 4.78 is 2.65. The molecule has 2 aliphatic heterocycles. The molecule has 0 saturated carbocycles. The largest absolute Gasteiger partial charge is 0.376 e. The van der Waals surface area contributed by atoms with E-state index in [0.29, 0.717) is 0 Å². The molecule has 0 fully saturated rings. The third kappa shape index (κ3) is 5.37. The molecule has 0 saturated heterocycles. The number of nitrogens with zero attached hydrogens (tertiary/aromatic N) is 2. The van der Waals surface area contributed by atoms with Crippen LogP contribution >= 0.6 is 11.3 Å². The van der Waals surface area contributed by atoms with Crippen molar-refractivity contribution in [3.8, 4) is 22.3 Å². The van der Waals surface area contributed by atoms with E-state index in [1.165, 1.54) is 98.5 Å². The quantitative estimate of drug-likeness (QED) is 0.167. The fraction of sp³-hybridized carbons (Fsp3) is 0.176. The zero-order valence-corrected chi connectivity index (χ0v) is 33.6. The predicted molar refractivity (Wildman–Crippen MR) is 241 cm³/mol. The molecule has 0 unspecified atom stereocenters. The molecule has 268 valence electrons. The van der Waals surface area contributed by atoms with Crippen molar-refractivity contribution in [2.45, 2.75) is 59.3 Å². The fourth-order valence-electron chi connectivity index (χ4n) is 8.98. The lowest BCUT2D eigenvalue weighted by atomic mass is 9.43. The number of hydrogen-bond acceptors (Lipinski definition) is 3. The molecular weight excluding hydrogens is 683 g/mol. The Labute approximate surface area is 329 Å². The summed E-state index contributed by atoms with van der Waals surface area (Å²) in [6.07, 6.45) is 0. The fourth-order valence-corrected chi connectivity index (χ4v) is 10.1. The van der Waals surface area contributed by atoms with E-state index in [1.807, 2.05) is 11.3 Å². The summed E-state index contributed by atoms with van der Waals surface area (Å²) in [6, 6.07) is 55.3. The minimum absolute atomic E-state index is 0.00394. The molecule has 0 spiro atoms. The molecule has 8 aromatic rings. The van der Waals surface area contributed by atoms with Gasteiger partial charge in [-0.05, 0) is 111 Å². The first-order valence-electron chi connectivity index (χ1n) is 19.5. The van der Waals surface area contributed by atoms with Crippen molar-refractivity contribution in [3.05, 3.63) is 162 Å². The first kappa shape index (κ1) is 34.0. The van der Waals surface area contributed by atoms with Gasteiger partial charge in [-0.2, -0.15) is 0 Å². The number of para-hydroxylation sites is 1. The van der Waals surface area contributed by atoms with E-state index in [9.17, 15) is 0 Å². The number of fused-ring (bicyclic) bond motifs is 7. The third-order valence-corrected chi connectivity index (χ3v) is 12.9. The molecule has 0 N–H and O–H groups in total. The average molecular weight is 729 g/mol. The predicted octanol–water partition coefficient (Wildman–Crippen LogP) is 13.3. The lowest BCUT2D eigenvalue weighted by Gasteiger charge is -2.46. The van der Waals surface area contributed by atoms with Crippen LogP contribution < -0.4 is 20.6 Å². The van der Waals surface area contributed by atoms with Crippen LogP contribution in [0.2, 0.25) is 0 Å². The van der Waals surface area contributed by atoms with Crippen LogP contribution in [-0.4, -0.2) is 6.85 Å². The second-order valence-corrected chi connectivity index (χ2v) is 18.6. The van der Waals surface area contributed by atoms with Crippen LogP contribution in [0, 0.1) is 6.92 Å². The SMILES string of the molecule is Cc1cc2c3c(c1)N(c1ccc(C(C)(C)C)cc1-c1ccccc1)c1cc4c(cc1B3N(c1ccc(C(C)(C)C)cc1)c1ccccc1-2)sc1ccccc14. The number of aryl methyl sites for hydroxylation is 1. The third-order valence-electron chi connectivity index (χ3n) is 11.8. The van der Waals surface area contributed by atoms with Crippen LogP contribution in [0.15, 0.2) is 146 Å². The second-order valence-electron chi connectivity index (χ2n) is 17.5. The van der Waals surface area contributed by atoms with Gasteiger partial charge in [0.2, 0.25) is 0 Å². The zero-order chi connectivity index (χ0) is 37.8. The minimum Gasteiger partial charge on any atom is -0.376 e. The molecule has 2 nitrogen and oxygen atoms in total. The van der Waals surface area contributed by atoms with E-state index in [1.54, 1.807) is 0 Å². The highest BCUT2D eigenvalue weighted by atomic mass is 32.1. The summed E-state index contributed by atoms with van der Waals surface area (Å²) in [7, 11) is 0. The Kier molecular flexibility index (Phi) is 7.54. The molecular formula is C51H45BN2S. The second kappa shape index (κ2) is 12.2. The van der Waals surface area contributed by atoms with Gasteiger partial charge in [0.05, 0.1) is 5.69 Å². The van der Waals surface area contributed by atoms with Gasteiger partial charge in [0.1, 0.15) is 0 Å². The van der Waals surface area contributed by atoms with E-state index in [4.69, 9.17) is 0 Å². The van der Waals surface area contributed by atoms with E-state index < -0.39 is 0 Å². The summed E-state index contributed by atoms with van der Waals surface area (Å²) in [5, 5.41) is 2.63. The van der Waals surface area contributed by atoms with E-state index in [0.717, 1.165) is 0 Å². The van der Waals surface area contributed by atoms with Gasteiger partial charge in [-0.3, -0.25) is 0 Å². The van der Waals surface area contributed by atoms with Gasteiger partial charge in [-0.25, -0.2) is 0 Å². The molecule has 10 rings (SSSR count). The summed E-state index contributed by atoms with van der Waals surface area (Å²) >= 11 is 1.91. The molecule has 0 aliphatic carbocycles. The van der Waals surface area contributed by atoms with Crippen LogP contribution in [0.1, 0.15) is 58.2 Å². The van der Waals surface area contributed by atoms with Crippen LogP contribution in [0.3, 0.4) is 0 Å². The smallest absolute Gasteiger partial charge is 0.333 e. The molecule has 55 heavy (non-hydrogen) atoms. The summed E-state index contributed by atoms with van der Waals surface area (Å²) in [4.78, 5) is 5.23. The topological polar surface area (TPSA) is 6.48 Å². The maximum Gasteiger partial charge on any atom is 0.333 e. The molecule has 0 amide bonds. The van der Waals surface area contributed by atoms with Crippen molar-refractivity contribution in [1.82, 2.24) is 0 Å². The molecule has 2 aliphatic rings. The van der Waals surface area contributed by atoms with Crippen molar-refractivity contribution in [1.29, 1.82) is 0 Å². The van der Waals surface area contributed by atoms with Gasteiger partial charge in [-0.1, -0.05) is 133 Å².